The van der Waals surface area contributed by atoms with Crippen LogP contribution in [0.15, 0.2) is 28.7 Å². The number of hydrogen-bond donors (Lipinski definition) is 1. The van der Waals surface area contributed by atoms with Crippen LogP contribution in [0.5, 0.6) is 5.75 Å². The first-order valence-corrected chi connectivity index (χ1v) is 9.09. The number of nitrogens with one attached hydrogen (secondary N) is 1. The summed E-state index contributed by atoms with van der Waals surface area (Å²) < 4.78 is 7.06. The summed E-state index contributed by atoms with van der Waals surface area (Å²) in [7, 11) is 0. The Hall–Kier alpha value is -0.540. The van der Waals surface area contributed by atoms with Crippen molar-refractivity contribution in [3.8, 4) is 5.75 Å². The smallest absolute Gasteiger partial charge is 0.119 e. The molecule has 2 nitrogen and oxygen atoms in total. The second-order valence-corrected chi connectivity index (χ2v) is 7.81. The van der Waals surface area contributed by atoms with Gasteiger partial charge in [-0.2, -0.15) is 0 Å². The molecular formula is C18H26BrNO. The fourth-order valence-corrected chi connectivity index (χ4v) is 4.15. The van der Waals surface area contributed by atoms with Crippen molar-refractivity contribution < 1.29 is 4.74 Å². The highest BCUT2D eigenvalue weighted by molar-refractivity contribution is 9.10. The van der Waals surface area contributed by atoms with Gasteiger partial charge in [-0.05, 0) is 80.2 Å². The minimum Gasteiger partial charge on any atom is -0.494 e. The number of rotatable bonds is 8. The summed E-state index contributed by atoms with van der Waals surface area (Å²) in [6.07, 6.45) is 6.73. The largest absolute Gasteiger partial charge is 0.494 e. The number of benzene rings is 1. The van der Waals surface area contributed by atoms with Crippen molar-refractivity contribution in [2.24, 2.45) is 17.3 Å². The number of halogens is 1. The highest BCUT2D eigenvalue weighted by Gasteiger charge is 2.53. The van der Waals surface area contributed by atoms with Crippen molar-refractivity contribution in [3.63, 3.8) is 0 Å². The second-order valence-electron chi connectivity index (χ2n) is 6.89. The summed E-state index contributed by atoms with van der Waals surface area (Å²) >= 11 is 3.46. The number of ether oxygens (including phenoxy) is 1. The van der Waals surface area contributed by atoms with E-state index in [0.717, 1.165) is 35.2 Å². The molecule has 1 aromatic carbocycles. The zero-order chi connectivity index (χ0) is 14.7. The minimum atomic E-state index is 0.498. The molecule has 116 valence electrons. The van der Waals surface area contributed by atoms with Gasteiger partial charge in [-0.25, -0.2) is 0 Å². The van der Waals surface area contributed by atoms with E-state index in [4.69, 9.17) is 4.74 Å². The zero-order valence-electron chi connectivity index (χ0n) is 12.9. The lowest BCUT2D eigenvalue weighted by molar-refractivity contribution is 0.177. The molecule has 3 rings (SSSR count). The van der Waals surface area contributed by atoms with Crippen LogP contribution in [0.2, 0.25) is 0 Å². The predicted octanol–water partition coefficient (Wildman–Crippen LogP) is 4.63. The summed E-state index contributed by atoms with van der Waals surface area (Å²) in [6, 6.07) is 8.16. The van der Waals surface area contributed by atoms with Crippen LogP contribution in [0.4, 0.5) is 0 Å². The van der Waals surface area contributed by atoms with E-state index in [0.29, 0.717) is 5.41 Å². The maximum atomic E-state index is 5.96. The highest BCUT2D eigenvalue weighted by atomic mass is 79.9. The van der Waals surface area contributed by atoms with E-state index < -0.39 is 0 Å². The lowest BCUT2D eigenvalue weighted by atomic mass is 9.80. The first-order valence-electron chi connectivity index (χ1n) is 8.30. The molecule has 0 aliphatic heterocycles. The van der Waals surface area contributed by atoms with E-state index in [9.17, 15) is 0 Å². The van der Waals surface area contributed by atoms with Crippen LogP contribution in [0, 0.1) is 17.3 Å². The van der Waals surface area contributed by atoms with Crippen LogP contribution >= 0.6 is 15.9 Å². The average Bonchev–Trinajstić information content (AvgIpc) is 3.09. The lowest BCUT2D eigenvalue weighted by Crippen LogP contribution is -2.35. The summed E-state index contributed by atoms with van der Waals surface area (Å²) in [4.78, 5) is 0. The molecule has 2 aliphatic rings. The fourth-order valence-electron chi connectivity index (χ4n) is 3.89. The molecule has 1 aromatic rings. The highest BCUT2D eigenvalue weighted by Crippen LogP contribution is 2.60. The standard InChI is InChI=1S/C18H26BrNO/c1-2-8-20-13-18(11-14-10-15(14)12-18)7-9-21-17-5-3-16(19)4-6-17/h3-6,14-15,20H,2,7-13H2,1H3. The number of hydrogen-bond acceptors (Lipinski definition) is 2. The van der Waals surface area contributed by atoms with Crippen molar-refractivity contribution in [3.05, 3.63) is 28.7 Å². The van der Waals surface area contributed by atoms with Crippen LogP contribution in [0.25, 0.3) is 0 Å². The summed E-state index contributed by atoms with van der Waals surface area (Å²) in [5, 5.41) is 3.65. The molecule has 0 heterocycles. The van der Waals surface area contributed by atoms with Crippen LogP contribution < -0.4 is 10.1 Å². The third kappa shape index (κ3) is 4.01. The molecule has 0 aromatic heterocycles. The SMILES string of the molecule is CCCNCC1(CCOc2ccc(Br)cc2)CC2CC2C1. The van der Waals surface area contributed by atoms with Gasteiger partial charge in [0.15, 0.2) is 0 Å². The van der Waals surface area contributed by atoms with Gasteiger partial charge < -0.3 is 10.1 Å². The van der Waals surface area contributed by atoms with Crippen LogP contribution in [0.1, 0.15) is 39.0 Å². The Morgan fingerprint density at radius 1 is 1.24 bits per heavy atom. The van der Waals surface area contributed by atoms with Gasteiger partial charge >= 0.3 is 0 Å². The topological polar surface area (TPSA) is 21.3 Å². The molecule has 21 heavy (non-hydrogen) atoms. The summed E-state index contributed by atoms with van der Waals surface area (Å²) in [5.41, 5.74) is 0.498. The van der Waals surface area contributed by atoms with E-state index in [-0.39, 0.29) is 0 Å². The molecular weight excluding hydrogens is 326 g/mol. The van der Waals surface area contributed by atoms with E-state index >= 15 is 0 Å². The quantitative estimate of drug-likeness (QED) is 0.689. The van der Waals surface area contributed by atoms with Gasteiger partial charge in [0.1, 0.15) is 5.75 Å². The Labute approximate surface area is 136 Å². The molecule has 2 saturated carbocycles. The van der Waals surface area contributed by atoms with Crippen LogP contribution in [-0.4, -0.2) is 19.7 Å². The van der Waals surface area contributed by atoms with Crippen LogP contribution in [0.3, 0.4) is 0 Å². The molecule has 0 bridgehead atoms. The van der Waals surface area contributed by atoms with Crippen molar-refractivity contribution in [2.45, 2.75) is 39.0 Å². The van der Waals surface area contributed by atoms with E-state index in [1.165, 1.54) is 38.6 Å². The van der Waals surface area contributed by atoms with Gasteiger partial charge in [0, 0.05) is 11.0 Å². The van der Waals surface area contributed by atoms with Gasteiger partial charge in [0.05, 0.1) is 6.61 Å². The van der Waals surface area contributed by atoms with Crippen molar-refractivity contribution in [1.29, 1.82) is 0 Å². The van der Waals surface area contributed by atoms with E-state index in [1.54, 1.807) is 0 Å². The normalized spacial score (nSPS) is 30.2. The van der Waals surface area contributed by atoms with E-state index in [1.807, 2.05) is 24.3 Å². The Kier molecular flexibility index (Phi) is 4.90. The third-order valence-corrected chi connectivity index (χ3v) is 5.63. The zero-order valence-corrected chi connectivity index (χ0v) is 14.5. The molecule has 1 N–H and O–H groups in total. The van der Waals surface area contributed by atoms with Crippen molar-refractivity contribution >= 4 is 15.9 Å². The molecule has 0 saturated heterocycles. The molecule has 3 heteroatoms. The van der Waals surface area contributed by atoms with Gasteiger partial charge in [0.25, 0.3) is 0 Å². The molecule has 2 atom stereocenters. The summed E-state index contributed by atoms with van der Waals surface area (Å²) in [6.45, 7) is 5.40. The Balaban J connectivity index is 1.49. The maximum Gasteiger partial charge on any atom is 0.119 e. The van der Waals surface area contributed by atoms with Gasteiger partial charge in [0.2, 0.25) is 0 Å². The van der Waals surface area contributed by atoms with Crippen LogP contribution in [-0.2, 0) is 0 Å². The minimum absolute atomic E-state index is 0.498. The van der Waals surface area contributed by atoms with Gasteiger partial charge in [-0.15, -0.1) is 0 Å². The second kappa shape index (κ2) is 6.70. The molecule has 2 unspecified atom stereocenters. The fraction of sp³-hybridized carbons (Fsp3) is 0.667. The molecule has 0 amide bonds. The van der Waals surface area contributed by atoms with Crippen molar-refractivity contribution in [1.82, 2.24) is 5.32 Å². The van der Waals surface area contributed by atoms with E-state index in [2.05, 4.69) is 28.2 Å². The molecule has 0 spiro atoms. The summed E-state index contributed by atoms with van der Waals surface area (Å²) in [5.74, 6) is 3.04. The number of fused-ring (bicyclic) bond motifs is 1. The predicted molar refractivity (Wildman–Crippen MR) is 90.7 cm³/mol. The first kappa shape index (κ1) is 15.4. The lowest BCUT2D eigenvalue weighted by Gasteiger charge is -2.31. The monoisotopic (exact) mass is 351 g/mol. The van der Waals surface area contributed by atoms with Crippen molar-refractivity contribution in [2.75, 3.05) is 19.7 Å². The Morgan fingerprint density at radius 2 is 1.95 bits per heavy atom. The maximum absolute atomic E-state index is 5.96. The first-order chi connectivity index (χ1) is 10.2. The molecule has 0 radical (unpaired) electrons. The third-order valence-electron chi connectivity index (χ3n) is 5.10. The molecule has 2 fully saturated rings. The van der Waals surface area contributed by atoms with Gasteiger partial charge in [-0.1, -0.05) is 22.9 Å². The molecule has 2 aliphatic carbocycles. The Bertz CT molecular complexity index is 449. The average molecular weight is 352 g/mol. The van der Waals surface area contributed by atoms with Gasteiger partial charge in [-0.3, -0.25) is 0 Å². The Morgan fingerprint density at radius 3 is 2.62 bits per heavy atom.